The number of aromatic nitrogens is 1. The third-order valence-electron chi connectivity index (χ3n) is 3.30. The molecule has 0 saturated heterocycles. The van der Waals surface area contributed by atoms with Crippen LogP contribution in [-0.4, -0.2) is 24.7 Å². The number of alkyl halides is 3. The minimum Gasteiger partial charge on any atom is -0.376 e. The van der Waals surface area contributed by atoms with E-state index in [0.29, 0.717) is 16.5 Å². The van der Waals surface area contributed by atoms with Gasteiger partial charge in [-0.05, 0) is 36.6 Å². The maximum atomic E-state index is 12.4. The minimum absolute atomic E-state index is 0.0288. The van der Waals surface area contributed by atoms with E-state index in [4.69, 9.17) is 0 Å². The predicted molar refractivity (Wildman–Crippen MR) is 77.6 cm³/mol. The van der Waals surface area contributed by atoms with Gasteiger partial charge >= 0.3 is 15.6 Å². The molecule has 2 rings (SSSR count). The molecule has 1 atom stereocenters. The lowest BCUT2D eigenvalue weighted by Crippen LogP contribution is -2.28. The minimum atomic E-state index is -5.72. The number of H-pyrrole nitrogens is 1. The molecule has 0 fully saturated rings. The molecule has 1 aromatic carbocycles. The van der Waals surface area contributed by atoms with Gasteiger partial charge in [-0.2, -0.15) is 21.6 Å². The molecule has 0 aliphatic carbocycles. The first-order chi connectivity index (χ1) is 10.5. The Morgan fingerprint density at radius 2 is 2.00 bits per heavy atom. The monoisotopic (exact) mass is 349 g/mol. The molecule has 126 valence electrons. The van der Waals surface area contributed by atoms with Crippen LogP contribution in [0, 0.1) is 0 Å². The van der Waals surface area contributed by atoms with Gasteiger partial charge in [-0.25, -0.2) is 0 Å². The van der Waals surface area contributed by atoms with Gasteiger partial charge in [0.05, 0.1) is 0 Å². The van der Waals surface area contributed by atoms with E-state index < -0.39 is 21.4 Å². The van der Waals surface area contributed by atoms with Crippen LogP contribution >= 0.6 is 0 Å². The zero-order chi connectivity index (χ0) is 17.4. The summed E-state index contributed by atoms with van der Waals surface area (Å²) >= 11 is 0. The van der Waals surface area contributed by atoms with Crippen LogP contribution in [0.4, 0.5) is 13.2 Å². The highest BCUT2D eigenvalue weighted by molar-refractivity contribution is 7.88. The standard InChI is InChI=1S/C14H14F3NO4S/c1-8(5-9(2)19)12-7-18-13-4-3-10(6-11(12)13)22-23(20,21)14(15,16)17/h3-4,6-8,18H,5H2,1-2H3. The van der Waals surface area contributed by atoms with Crippen LogP contribution < -0.4 is 4.18 Å². The lowest BCUT2D eigenvalue weighted by atomic mass is 9.95. The van der Waals surface area contributed by atoms with E-state index >= 15 is 0 Å². The van der Waals surface area contributed by atoms with Gasteiger partial charge in [0.2, 0.25) is 0 Å². The number of benzene rings is 1. The molecule has 5 nitrogen and oxygen atoms in total. The second-order valence-electron chi connectivity index (χ2n) is 5.24. The van der Waals surface area contributed by atoms with Crippen molar-refractivity contribution < 1.29 is 30.6 Å². The van der Waals surface area contributed by atoms with Gasteiger partial charge in [-0.15, -0.1) is 0 Å². The molecule has 9 heteroatoms. The molecule has 0 radical (unpaired) electrons. The van der Waals surface area contributed by atoms with Crippen molar-refractivity contribution in [3.05, 3.63) is 30.0 Å². The molecule has 0 spiro atoms. The maximum Gasteiger partial charge on any atom is 0.534 e. The van der Waals surface area contributed by atoms with Crippen LogP contribution in [0.2, 0.25) is 0 Å². The normalized spacial score (nSPS) is 14.0. The summed E-state index contributed by atoms with van der Waals surface area (Å²) < 4.78 is 63.3. The molecular formula is C14H14F3NO4S. The van der Waals surface area contributed by atoms with Gasteiger partial charge < -0.3 is 14.0 Å². The zero-order valence-electron chi connectivity index (χ0n) is 12.3. The van der Waals surface area contributed by atoms with E-state index in [-0.39, 0.29) is 18.1 Å². The number of hydrogen-bond acceptors (Lipinski definition) is 4. The largest absolute Gasteiger partial charge is 0.534 e. The van der Waals surface area contributed by atoms with Gasteiger partial charge in [-0.3, -0.25) is 0 Å². The van der Waals surface area contributed by atoms with E-state index in [1.165, 1.54) is 19.1 Å². The molecule has 1 aromatic heterocycles. The van der Waals surface area contributed by atoms with Crippen LogP contribution in [0.5, 0.6) is 5.75 Å². The number of aromatic amines is 1. The molecule has 1 heterocycles. The van der Waals surface area contributed by atoms with Gasteiger partial charge in [0.15, 0.2) is 0 Å². The molecule has 2 aromatic rings. The Kier molecular flexibility index (Phi) is 4.43. The number of carbonyl (C=O) groups excluding carboxylic acids is 1. The summed E-state index contributed by atoms with van der Waals surface area (Å²) in [5.74, 6) is -0.639. The Hall–Kier alpha value is -2.03. The molecule has 0 saturated carbocycles. The van der Waals surface area contributed by atoms with Crippen LogP contribution in [0.15, 0.2) is 24.4 Å². The molecule has 1 N–H and O–H groups in total. The van der Waals surface area contributed by atoms with Crippen molar-refractivity contribution in [2.75, 3.05) is 0 Å². The average molecular weight is 349 g/mol. The van der Waals surface area contributed by atoms with Gasteiger partial charge in [-0.1, -0.05) is 6.92 Å². The molecule has 0 aliphatic heterocycles. The first-order valence-electron chi connectivity index (χ1n) is 6.62. The average Bonchev–Trinajstić information content (AvgIpc) is 2.79. The Labute approximate surface area is 130 Å². The van der Waals surface area contributed by atoms with Crippen molar-refractivity contribution in [3.63, 3.8) is 0 Å². The summed E-state index contributed by atoms with van der Waals surface area (Å²) in [6.07, 6.45) is 1.90. The number of hydrogen-bond donors (Lipinski definition) is 1. The number of ketones is 1. The Bertz CT molecular complexity index is 839. The second-order valence-corrected chi connectivity index (χ2v) is 6.78. The molecular weight excluding hydrogens is 335 g/mol. The van der Waals surface area contributed by atoms with E-state index in [9.17, 15) is 26.4 Å². The third-order valence-corrected chi connectivity index (χ3v) is 4.28. The van der Waals surface area contributed by atoms with E-state index in [1.807, 2.05) is 0 Å². The van der Waals surface area contributed by atoms with E-state index in [1.54, 1.807) is 13.1 Å². The van der Waals surface area contributed by atoms with Crippen LogP contribution in [0.25, 0.3) is 10.9 Å². The molecule has 0 aliphatic rings. The Morgan fingerprint density at radius 1 is 1.35 bits per heavy atom. The van der Waals surface area contributed by atoms with Gasteiger partial charge in [0.25, 0.3) is 0 Å². The highest BCUT2D eigenvalue weighted by Gasteiger charge is 2.48. The van der Waals surface area contributed by atoms with E-state index in [2.05, 4.69) is 9.17 Å². The number of nitrogens with one attached hydrogen (secondary N) is 1. The fraction of sp³-hybridized carbons (Fsp3) is 0.357. The predicted octanol–water partition coefficient (Wildman–Crippen LogP) is 3.48. The maximum absolute atomic E-state index is 12.4. The fourth-order valence-electron chi connectivity index (χ4n) is 2.30. The number of rotatable bonds is 5. The second kappa shape index (κ2) is 5.88. The van der Waals surface area contributed by atoms with Crippen molar-refractivity contribution in [3.8, 4) is 5.75 Å². The number of carbonyl (C=O) groups is 1. The molecule has 1 unspecified atom stereocenters. The van der Waals surface area contributed by atoms with Crippen molar-refractivity contribution in [1.82, 2.24) is 4.98 Å². The first-order valence-corrected chi connectivity index (χ1v) is 8.03. The quantitative estimate of drug-likeness (QED) is 0.662. The van der Waals surface area contributed by atoms with Crippen LogP contribution in [0.3, 0.4) is 0 Å². The zero-order valence-corrected chi connectivity index (χ0v) is 13.1. The lowest BCUT2D eigenvalue weighted by molar-refractivity contribution is -0.117. The summed E-state index contributed by atoms with van der Waals surface area (Å²) in [6.45, 7) is 3.24. The highest BCUT2D eigenvalue weighted by atomic mass is 32.2. The Balaban J connectivity index is 2.40. The summed E-state index contributed by atoms with van der Waals surface area (Å²) in [7, 11) is -5.72. The Morgan fingerprint density at radius 3 is 2.57 bits per heavy atom. The summed E-state index contributed by atoms with van der Waals surface area (Å²) in [4.78, 5) is 14.1. The lowest BCUT2D eigenvalue weighted by Gasteiger charge is -2.11. The topological polar surface area (TPSA) is 76.2 Å². The van der Waals surface area contributed by atoms with Crippen molar-refractivity contribution in [2.24, 2.45) is 0 Å². The SMILES string of the molecule is CC(=O)CC(C)c1c[nH]c2ccc(OS(=O)(=O)C(F)(F)F)cc12. The molecule has 23 heavy (non-hydrogen) atoms. The van der Waals surface area contributed by atoms with Crippen LogP contribution in [0.1, 0.15) is 31.7 Å². The summed E-state index contributed by atoms with van der Waals surface area (Å²) in [5.41, 5.74) is -4.19. The molecule has 0 amide bonds. The highest BCUT2D eigenvalue weighted by Crippen LogP contribution is 2.32. The molecule has 0 bridgehead atoms. The number of Topliss-reactive ketones (excluding diaryl/α,β-unsaturated/α-hetero) is 1. The third kappa shape index (κ3) is 3.66. The number of fused-ring (bicyclic) bond motifs is 1. The van der Waals surface area contributed by atoms with Gasteiger partial charge in [0.1, 0.15) is 11.5 Å². The summed E-state index contributed by atoms with van der Waals surface area (Å²) in [6, 6.07) is 3.75. The van der Waals surface area contributed by atoms with Crippen molar-refractivity contribution >= 4 is 26.8 Å². The summed E-state index contributed by atoms with van der Waals surface area (Å²) in [5, 5.41) is 0.508. The number of halogens is 3. The van der Waals surface area contributed by atoms with E-state index in [0.717, 1.165) is 6.07 Å². The van der Waals surface area contributed by atoms with Crippen LogP contribution in [-0.2, 0) is 14.9 Å². The van der Waals surface area contributed by atoms with Gasteiger partial charge in [0, 0.05) is 23.5 Å². The fourth-order valence-corrected chi connectivity index (χ4v) is 2.75. The first kappa shape index (κ1) is 17.3. The van der Waals surface area contributed by atoms with Crippen molar-refractivity contribution in [1.29, 1.82) is 0 Å². The van der Waals surface area contributed by atoms with Crippen molar-refractivity contribution in [2.45, 2.75) is 31.7 Å². The smallest absolute Gasteiger partial charge is 0.376 e.